The molecule has 0 aliphatic carbocycles. The third kappa shape index (κ3) is 5.01. The highest BCUT2D eigenvalue weighted by Crippen LogP contribution is 2.34. The van der Waals surface area contributed by atoms with Gasteiger partial charge in [0.05, 0.1) is 31.0 Å². The fourth-order valence-electron chi connectivity index (χ4n) is 5.15. The number of hydrogen-bond donors (Lipinski definition) is 1. The molecule has 1 fully saturated rings. The first-order chi connectivity index (χ1) is 18.4. The van der Waals surface area contributed by atoms with Crippen LogP contribution >= 0.6 is 0 Å². The fraction of sp³-hybridized carbons (Fsp3) is 0.379. The standard InChI is InChI=1S/C29H32N4O5/c1-3-37-27(35)9-6-13-32(18-20-10-11-21-17-30-31-24(21)15-20)28(36)29(2)12-14-33(29)26(34)16-25-23-8-5-4-7-22(23)19-38-25/h4-5,7-8,10-11,15,17,19H,3,6,9,12-14,16,18H2,1-2H3,(H,30,31). The lowest BCUT2D eigenvalue weighted by Gasteiger charge is -2.51. The minimum Gasteiger partial charge on any atom is -0.468 e. The van der Waals surface area contributed by atoms with Gasteiger partial charge in [-0.3, -0.25) is 19.5 Å². The van der Waals surface area contributed by atoms with Crippen LogP contribution in [0.4, 0.5) is 0 Å². The number of carbonyl (C=O) groups is 3. The third-order valence-electron chi connectivity index (χ3n) is 7.36. The summed E-state index contributed by atoms with van der Waals surface area (Å²) in [7, 11) is 0. The van der Waals surface area contributed by atoms with Crippen molar-refractivity contribution in [2.45, 2.75) is 51.6 Å². The molecule has 2 aromatic heterocycles. The van der Waals surface area contributed by atoms with Gasteiger partial charge < -0.3 is 19.0 Å². The number of hydrogen-bond acceptors (Lipinski definition) is 6. The number of nitrogens with one attached hydrogen (secondary N) is 1. The Morgan fingerprint density at radius 1 is 1.18 bits per heavy atom. The maximum Gasteiger partial charge on any atom is 0.305 e. The Hall–Kier alpha value is -4.14. The molecule has 38 heavy (non-hydrogen) atoms. The molecule has 0 spiro atoms. The van der Waals surface area contributed by atoms with Crippen LogP contribution in [0.1, 0.15) is 44.4 Å². The molecule has 1 aliphatic heterocycles. The third-order valence-corrected chi connectivity index (χ3v) is 7.36. The molecule has 9 heteroatoms. The quantitative estimate of drug-likeness (QED) is 0.316. The van der Waals surface area contributed by atoms with Crippen molar-refractivity contribution in [3.63, 3.8) is 0 Å². The maximum absolute atomic E-state index is 14.0. The summed E-state index contributed by atoms with van der Waals surface area (Å²) in [5, 5.41) is 9.88. The van der Waals surface area contributed by atoms with E-state index in [2.05, 4.69) is 10.2 Å². The number of nitrogens with zero attached hydrogens (tertiary/aromatic N) is 3. The molecule has 0 saturated carbocycles. The highest BCUT2D eigenvalue weighted by Gasteiger charge is 2.51. The number of aromatic amines is 1. The Morgan fingerprint density at radius 3 is 2.82 bits per heavy atom. The zero-order chi connectivity index (χ0) is 26.7. The lowest BCUT2D eigenvalue weighted by molar-refractivity contribution is -0.164. The van der Waals surface area contributed by atoms with Gasteiger partial charge in [-0.2, -0.15) is 5.10 Å². The molecule has 9 nitrogen and oxygen atoms in total. The molecular formula is C29H32N4O5. The van der Waals surface area contributed by atoms with E-state index in [1.165, 1.54) is 0 Å². The number of furan rings is 1. The van der Waals surface area contributed by atoms with E-state index in [0.717, 1.165) is 27.2 Å². The van der Waals surface area contributed by atoms with Crippen molar-refractivity contribution >= 4 is 39.5 Å². The number of ether oxygens (including phenoxy) is 1. The van der Waals surface area contributed by atoms with Crippen molar-refractivity contribution in [3.05, 3.63) is 66.2 Å². The zero-order valence-corrected chi connectivity index (χ0v) is 21.7. The first kappa shape index (κ1) is 25.5. The smallest absolute Gasteiger partial charge is 0.305 e. The molecule has 198 valence electrons. The topological polar surface area (TPSA) is 109 Å². The van der Waals surface area contributed by atoms with Crippen molar-refractivity contribution in [2.24, 2.45) is 0 Å². The average molecular weight is 517 g/mol. The van der Waals surface area contributed by atoms with Gasteiger partial charge in [0.15, 0.2) is 0 Å². The number of likely N-dealkylation sites (tertiary alicyclic amines) is 1. The molecule has 1 unspecified atom stereocenters. The van der Waals surface area contributed by atoms with Gasteiger partial charge in [-0.1, -0.05) is 36.4 Å². The molecule has 5 rings (SSSR count). The summed E-state index contributed by atoms with van der Waals surface area (Å²) in [6, 6.07) is 13.6. The van der Waals surface area contributed by atoms with E-state index in [1.54, 1.807) is 29.2 Å². The second-order valence-corrected chi connectivity index (χ2v) is 9.92. The highest BCUT2D eigenvalue weighted by atomic mass is 16.5. The zero-order valence-electron chi connectivity index (χ0n) is 21.7. The number of fused-ring (bicyclic) bond motifs is 2. The summed E-state index contributed by atoms with van der Waals surface area (Å²) in [4.78, 5) is 42.6. The molecule has 4 aromatic rings. The molecule has 1 atom stereocenters. The minimum absolute atomic E-state index is 0.0930. The van der Waals surface area contributed by atoms with Gasteiger partial charge in [0.2, 0.25) is 11.8 Å². The van der Waals surface area contributed by atoms with Crippen molar-refractivity contribution < 1.29 is 23.5 Å². The van der Waals surface area contributed by atoms with Crippen molar-refractivity contribution in [2.75, 3.05) is 19.7 Å². The van der Waals surface area contributed by atoms with Crippen LogP contribution in [-0.4, -0.2) is 63.0 Å². The fourth-order valence-corrected chi connectivity index (χ4v) is 5.15. The van der Waals surface area contributed by atoms with Crippen LogP contribution in [-0.2, 0) is 32.1 Å². The Bertz CT molecular complexity index is 1470. The highest BCUT2D eigenvalue weighted by molar-refractivity contribution is 5.95. The predicted octanol–water partition coefficient (Wildman–Crippen LogP) is 4.21. The number of benzene rings is 2. The van der Waals surface area contributed by atoms with Crippen molar-refractivity contribution in [3.8, 4) is 0 Å². The van der Waals surface area contributed by atoms with Crippen molar-refractivity contribution in [1.29, 1.82) is 0 Å². The van der Waals surface area contributed by atoms with Gasteiger partial charge in [0, 0.05) is 42.2 Å². The Labute approximate surface area is 220 Å². The summed E-state index contributed by atoms with van der Waals surface area (Å²) in [6.07, 6.45) is 4.77. The molecule has 1 saturated heterocycles. The molecule has 1 N–H and O–H groups in total. The lowest BCUT2D eigenvalue weighted by Crippen LogP contribution is -2.68. The second-order valence-electron chi connectivity index (χ2n) is 9.92. The van der Waals surface area contributed by atoms with Gasteiger partial charge in [-0.05, 0) is 38.3 Å². The first-order valence-corrected chi connectivity index (χ1v) is 13.0. The number of aromatic nitrogens is 2. The number of rotatable bonds is 10. The molecule has 3 heterocycles. The summed E-state index contributed by atoms with van der Waals surface area (Å²) >= 11 is 0. The van der Waals surface area contributed by atoms with Gasteiger partial charge in [-0.15, -0.1) is 0 Å². The monoisotopic (exact) mass is 516 g/mol. The van der Waals surface area contributed by atoms with Crippen LogP contribution in [0.3, 0.4) is 0 Å². The lowest BCUT2D eigenvalue weighted by atomic mass is 9.84. The number of esters is 1. The van der Waals surface area contributed by atoms with E-state index < -0.39 is 5.54 Å². The van der Waals surface area contributed by atoms with Crippen LogP contribution in [0.15, 0.2) is 59.3 Å². The summed E-state index contributed by atoms with van der Waals surface area (Å²) in [5.41, 5.74) is 0.870. The van der Waals surface area contributed by atoms with Gasteiger partial charge in [0.25, 0.3) is 0 Å². The van der Waals surface area contributed by atoms with E-state index in [-0.39, 0.29) is 30.6 Å². The Kier molecular flexibility index (Phi) is 7.18. The SMILES string of the molecule is CCOC(=O)CCCN(Cc1ccc2cn[nH]c2c1)C(=O)C1(C)CCN1C(=O)Cc1occ2ccccc12. The van der Waals surface area contributed by atoms with Crippen LogP contribution in [0, 0.1) is 0 Å². The molecular weight excluding hydrogens is 484 g/mol. The number of carbonyl (C=O) groups excluding carboxylic acids is 3. The number of H-pyrrole nitrogens is 1. The molecule has 0 radical (unpaired) electrons. The maximum atomic E-state index is 14.0. The van der Waals surface area contributed by atoms with E-state index in [0.29, 0.717) is 44.8 Å². The van der Waals surface area contributed by atoms with E-state index in [9.17, 15) is 14.4 Å². The Morgan fingerprint density at radius 2 is 2.03 bits per heavy atom. The summed E-state index contributed by atoms with van der Waals surface area (Å²) < 4.78 is 10.7. The van der Waals surface area contributed by atoms with E-state index >= 15 is 0 Å². The van der Waals surface area contributed by atoms with Crippen molar-refractivity contribution in [1.82, 2.24) is 20.0 Å². The molecule has 2 aromatic carbocycles. The first-order valence-electron chi connectivity index (χ1n) is 13.0. The Balaban J connectivity index is 1.32. The summed E-state index contributed by atoms with van der Waals surface area (Å²) in [5.74, 6) is 0.0510. The van der Waals surface area contributed by atoms with Crippen LogP contribution < -0.4 is 0 Å². The van der Waals surface area contributed by atoms with Gasteiger partial charge in [-0.25, -0.2) is 0 Å². The van der Waals surface area contributed by atoms with Gasteiger partial charge >= 0.3 is 5.97 Å². The van der Waals surface area contributed by atoms with Crippen LogP contribution in [0.5, 0.6) is 0 Å². The van der Waals surface area contributed by atoms with Crippen LogP contribution in [0.2, 0.25) is 0 Å². The van der Waals surface area contributed by atoms with Gasteiger partial charge in [0.1, 0.15) is 11.3 Å². The second kappa shape index (κ2) is 10.7. The van der Waals surface area contributed by atoms with E-state index in [4.69, 9.17) is 9.15 Å². The summed E-state index contributed by atoms with van der Waals surface area (Å²) in [6.45, 7) is 5.17. The van der Waals surface area contributed by atoms with Crippen LogP contribution in [0.25, 0.3) is 21.7 Å². The predicted molar refractivity (Wildman–Crippen MR) is 142 cm³/mol. The normalized spacial score (nSPS) is 16.9. The van der Waals surface area contributed by atoms with E-state index in [1.807, 2.05) is 49.4 Å². The molecule has 0 bridgehead atoms. The number of amides is 2. The molecule has 2 amide bonds. The average Bonchev–Trinajstić information content (AvgIpc) is 3.53. The largest absolute Gasteiger partial charge is 0.468 e. The molecule has 1 aliphatic rings. The minimum atomic E-state index is -0.957.